The second kappa shape index (κ2) is 9.57. The molecule has 0 fully saturated rings. The van der Waals surface area contributed by atoms with E-state index in [4.69, 9.17) is 18.9 Å². The molecule has 0 radical (unpaired) electrons. The fourth-order valence-electron chi connectivity index (χ4n) is 2.48. The number of rotatable bonds is 9. The first kappa shape index (κ1) is 18.6. The maximum atomic E-state index is 11.9. The van der Waals surface area contributed by atoms with Crippen LogP contribution >= 0.6 is 0 Å². The van der Waals surface area contributed by atoms with Crippen LogP contribution in [0.5, 0.6) is 17.2 Å². The van der Waals surface area contributed by atoms with Gasteiger partial charge in [-0.3, -0.25) is 4.79 Å². The Labute approximate surface area is 148 Å². The lowest BCUT2D eigenvalue weighted by Crippen LogP contribution is -2.13. The predicted octanol–water partition coefficient (Wildman–Crippen LogP) is 3.57. The molecule has 0 aliphatic heterocycles. The van der Waals surface area contributed by atoms with Crippen LogP contribution in [0.3, 0.4) is 0 Å². The zero-order valence-corrected chi connectivity index (χ0v) is 14.9. The molecule has 0 aliphatic carbocycles. The molecule has 5 heteroatoms. The molecule has 2 aromatic rings. The Kier molecular flexibility index (Phi) is 7.14. The van der Waals surface area contributed by atoms with Gasteiger partial charge in [0.25, 0.3) is 0 Å². The Morgan fingerprint density at radius 1 is 1.00 bits per heavy atom. The molecule has 0 unspecified atom stereocenters. The SMILES string of the molecule is COc1cccc(CCC(=O)OCCOc2cccc(C)c2)c1OC. The molecule has 0 saturated carbocycles. The first-order chi connectivity index (χ1) is 12.1. The van der Waals surface area contributed by atoms with E-state index in [1.807, 2.05) is 49.4 Å². The lowest BCUT2D eigenvalue weighted by Gasteiger charge is -2.12. The molecule has 5 nitrogen and oxygen atoms in total. The summed E-state index contributed by atoms with van der Waals surface area (Å²) >= 11 is 0. The zero-order valence-electron chi connectivity index (χ0n) is 14.9. The number of carbonyl (C=O) groups excluding carboxylic acids is 1. The molecule has 0 atom stereocenters. The van der Waals surface area contributed by atoms with Crippen LogP contribution in [-0.2, 0) is 16.0 Å². The van der Waals surface area contributed by atoms with E-state index < -0.39 is 0 Å². The summed E-state index contributed by atoms with van der Waals surface area (Å²) in [4.78, 5) is 11.9. The smallest absolute Gasteiger partial charge is 0.306 e. The van der Waals surface area contributed by atoms with Crippen molar-refractivity contribution in [1.29, 1.82) is 0 Å². The second-order valence-electron chi connectivity index (χ2n) is 5.54. The van der Waals surface area contributed by atoms with Crippen LogP contribution in [0.1, 0.15) is 17.5 Å². The third kappa shape index (κ3) is 5.71. The molecule has 2 aromatic carbocycles. The number of ether oxygens (including phenoxy) is 4. The van der Waals surface area contributed by atoms with Gasteiger partial charge < -0.3 is 18.9 Å². The van der Waals surface area contributed by atoms with Crippen molar-refractivity contribution < 1.29 is 23.7 Å². The Morgan fingerprint density at radius 2 is 1.80 bits per heavy atom. The van der Waals surface area contributed by atoms with Gasteiger partial charge >= 0.3 is 5.97 Å². The van der Waals surface area contributed by atoms with E-state index in [-0.39, 0.29) is 19.0 Å². The number of para-hydroxylation sites is 1. The normalized spacial score (nSPS) is 10.2. The number of hydrogen-bond acceptors (Lipinski definition) is 5. The fraction of sp³-hybridized carbons (Fsp3) is 0.350. The molecule has 0 N–H and O–H groups in total. The minimum atomic E-state index is -0.266. The van der Waals surface area contributed by atoms with Crippen molar-refractivity contribution in [3.63, 3.8) is 0 Å². The summed E-state index contributed by atoms with van der Waals surface area (Å²) in [6.07, 6.45) is 0.798. The summed E-state index contributed by atoms with van der Waals surface area (Å²) in [5, 5.41) is 0. The van der Waals surface area contributed by atoms with Gasteiger partial charge in [0.15, 0.2) is 11.5 Å². The lowest BCUT2D eigenvalue weighted by molar-refractivity contribution is -0.144. The molecule has 0 aromatic heterocycles. The zero-order chi connectivity index (χ0) is 18.1. The van der Waals surface area contributed by atoms with Crippen molar-refractivity contribution in [3.05, 3.63) is 53.6 Å². The van der Waals surface area contributed by atoms with Gasteiger partial charge in [0.05, 0.1) is 14.2 Å². The Morgan fingerprint density at radius 3 is 2.52 bits per heavy atom. The fourth-order valence-corrected chi connectivity index (χ4v) is 2.48. The van der Waals surface area contributed by atoms with Gasteiger partial charge in [-0.05, 0) is 42.7 Å². The highest BCUT2D eigenvalue weighted by Gasteiger charge is 2.11. The van der Waals surface area contributed by atoms with Gasteiger partial charge in [-0.2, -0.15) is 0 Å². The van der Waals surface area contributed by atoms with Gasteiger partial charge in [-0.15, -0.1) is 0 Å². The van der Waals surface area contributed by atoms with E-state index in [9.17, 15) is 4.79 Å². The van der Waals surface area contributed by atoms with Gasteiger partial charge in [0.2, 0.25) is 0 Å². The number of benzene rings is 2. The summed E-state index contributed by atoms with van der Waals surface area (Å²) in [6, 6.07) is 13.4. The molecular formula is C20H24O5. The monoisotopic (exact) mass is 344 g/mol. The van der Waals surface area contributed by atoms with Crippen molar-refractivity contribution in [1.82, 2.24) is 0 Å². The van der Waals surface area contributed by atoms with Crippen LogP contribution in [0.2, 0.25) is 0 Å². The first-order valence-corrected chi connectivity index (χ1v) is 8.19. The van der Waals surface area contributed by atoms with Crippen LogP contribution in [0.25, 0.3) is 0 Å². The van der Waals surface area contributed by atoms with E-state index in [2.05, 4.69) is 0 Å². The maximum Gasteiger partial charge on any atom is 0.306 e. The number of aryl methyl sites for hydroxylation is 2. The highest BCUT2D eigenvalue weighted by molar-refractivity contribution is 5.70. The van der Waals surface area contributed by atoms with Crippen LogP contribution < -0.4 is 14.2 Å². The molecule has 0 saturated heterocycles. The van der Waals surface area contributed by atoms with E-state index in [0.29, 0.717) is 24.5 Å². The molecular weight excluding hydrogens is 320 g/mol. The van der Waals surface area contributed by atoms with Crippen molar-refractivity contribution in [3.8, 4) is 17.2 Å². The highest BCUT2D eigenvalue weighted by Crippen LogP contribution is 2.31. The Balaban J connectivity index is 1.74. The van der Waals surface area contributed by atoms with Crippen molar-refractivity contribution >= 4 is 5.97 Å². The molecule has 0 amide bonds. The summed E-state index contributed by atoms with van der Waals surface area (Å²) in [5.41, 5.74) is 2.04. The number of hydrogen-bond donors (Lipinski definition) is 0. The molecule has 134 valence electrons. The number of carbonyl (C=O) groups is 1. The molecule has 2 rings (SSSR count). The number of esters is 1. The molecule has 0 spiro atoms. The maximum absolute atomic E-state index is 11.9. The van der Waals surface area contributed by atoms with Gasteiger partial charge in [-0.25, -0.2) is 0 Å². The average molecular weight is 344 g/mol. The van der Waals surface area contributed by atoms with E-state index in [1.54, 1.807) is 14.2 Å². The third-order valence-corrected chi connectivity index (χ3v) is 3.69. The minimum Gasteiger partial charge on any atom is -0.493 e. The second-order valence-corrected chi connectivity index (χ2v) is 5.54. The molecule has 0 bridgehead atoms. The quantitative estimate of drug-likeness (QED) is 0.514. The molecule has 0 aliphatic rings. The first-order valence-electron chi connectivity index (χ1n) is 8.19. The van der Waals surface area contributed by atoms with Crippen LogP contribution in [0.4, 0.5) is 0 Å². The van der Waals surface area contributed by atoms with E-state index in [0.717, 1.165) is 16.9 Å². The molecule has 0 heterocycles. The third-order valence-electron chi connectivity index (χ3n) is 3.69. The summed E-state index contributed by atoms with van der Waals surface area (Å²) in [6.45, 7) is 2.55. The average Bonchev–Trinajstić information content (AvgIpc) is 2.63. The van der Waals surface area contributed by atoms with Crippen LogP contribution in [-0.4, -0.2) is 33.4 Å². The van der Waals surface area contributed by atoms with Crippen LogP contribution in [0, 0.1) is 6.92 Å². The van der Waals surface area contributed by atoms with Crippen molar-refractivity contribution in [2.24, 2.45) is 0 Å². The largest absolute Gasteiger partial charge is 0.493 e. The highest BCUT2D eigenvalue weighted by atomic mass is 16.6. The lowest BCUT2D eigenvalue weighted by atomic mass is 10.1. The summed E-state index contributed by atoms with van der Waals surface area (Å²) < 4.78 is 21.4. The number of methoxy groups -OCH3 is 2. The topological polar surface area (TPSA) is 54.0 Å². The summed E-state index contributed by atoms with van der Waals surface area (Å²) in [5.74, 6) is 1.82. The van der Waals surface area contributed by atoms with Crippen molar-refractivity contribution in [2.75, 3.05) is 27.4 Å². The Hall–Kier alpha value is -2.69. The van der Waals surface area contributed by atoms with E-state index >= 15 is 0 Å². The van der Waals surface area contributed by atoms with E-state index in [1.165, 1.54) is 0 Å². The minimum absolute atomic E-state index is 0.224. The summed E-state index contributed by atoms with van der Waals surface area (Å²) in [7, 11) is 3.17. The van der Waals surface area contributed by atoms with Gasteiger partial charge in [0, 0.05) is 6.42 Å². The van der Waals surface area contributed by atoms with Gasteiger partial charge in [0.1, 0.15) is 19.0 Å². The van der Waals surface area contributed by atoms with Gasteiger partial charge in [-0.1, -0.05) is 24.3 Å². The molecule has 25 heavy (non-hydrogen) atoms. The standard InChI is InChI=1S/C20H24O5/c1-15-6-4-8-17(14-15)24-12-13-25-19(21)11-10-16-7-5-9-18(22-2)20(16)23-3/h4-9,14H,10-13H2,1-3H3. The van der Waals surface area contributed by atoms with Crippen molar-refractivity contribution in [2.45, 2.75) is 19.8 Å². The predicted molar refractivity (Wildman–Crippen MR) is 95.5 cm³/mol. The Bertz CT molecular complexity index is 696. The van der Waals surface area contributed by atoms with Crippen LogP contribution in [0.15, 0.2) is 42.5 Å².